The van der Waals surface area contributed by atoms with Crippen LogP contribution in [0.5, 0.6) is 0 Å². The Hall–Kier alpha value is -3.63. The molecule has 2 N–H and O–H groups in total. The molecule has 246 valence electrons. The minimum Gasteiger partial charge on any atom is -0.366 e. The van der Waals surface area contributed by atoms with Gasteiger partial charge in [-0.25, -0.2) is 9.97 Å². The highest BCUT2D eigenvalue weighted by atomic mass is 35.5. The Morgan fingerprint density at radius 1 is 1.07 bits per heavy atom. The highest BCUT2D eigenvalue weighted by molar-refractivity contribution is 6.36. The standard InChI is InChI=1S/C34H44Cl2N8O2/c1-20-8-11-22(12-9-20)40-32(45)24-14-26-28(16-27(24)42(5)18-30-38-19-39-44(30)7)43(6)29(41-26)15-23-25(35)13-10-21(31(23)36)17-37-33(46)34(2,3)4/h10,13-14,16,19-20,22H,8-9,11-12,15,17-18H2,1-7H3,(H,37,46)(H,40,45). The molecule has 1 saturated carbocycles. The van der Waals surface area contributed by atoms with Gasteiger partial charge in [0.25, 0.3) is 5.91 Å². The molecular weight excluding hydrogens is 623 g/mol. The van der Waals surface area contributed by atoms with Crippen LogP contribution in [-0.2, 0) is 38.4 Å². The van der Waals surface area contributed by atoms with Crippen LogP contribution in [0.2, 0.25) is 10.0 Å². The summed E-state index contributed by atoms with van der Waals surface area (Å²) in [6.07, 6.45) is 6.08. The fourth-order valence-corrected chi connectivity index (χ4v) is 6.48. The van der Waals surface area contributed by atoms with E-state index in [0.29, 0.717) is 46.6 Å². The SMILES string of the molecule is CC1CCC(NC(=O)c2cc3nc(Cc4c(Cl)ccc(CNC(=O)C(C)(C)C)c4Cl)n(C)c3cc2N(C)Cc2ncnn2C)CC1. The van der Waals surface area contributed by atoms with Gasteiger partial charge < -0.3 is 20.1 Å². The van der Waals surface area contributed by atoms with Gasteiger partial charge in [-0.05, 0) is 60.9 Å². The number of carbonyl (C=O) groups is 2. The summed E-state index contributed by atoms with van der Waals surface area (Å²) in [6, 6.07) is 7.69. The summed E-state index contributed by atoms with van der Waals surface area (Å²) in [5.74, 6) is 2.05. The summed E-state index contributed by atoms with van der Waals surface area (Å²) < 4.78 is 3.75. The lowest BCUT2D eigenvalue weighted by Gasteiger charge is -2.28. The summed E-state index contributed by atoms with van der Waals surface area (Å²) >= 11 is 13.6. The maximum atomic E-state index is 13.8. The van der Waals surface area contributed by atoms with Gasteiger partial charge in [-0.3, -0.25) is 14.3 Å². The van der Waals surface area contributed by atoms with Gasteiger partial charge in [-0.1, -0.05) is 57.0 Å². The summed E-state index contributed by atoms with van der Waals surface area (Å²) in [7, 11) is 5.76. The van der Waals surface area contributed by atoms with Gasteiger partial charge in [0.1, 0.15) is 18.0 Å². The third-order valence-electron chi connectivity index (χ3n) is 9.00. The van der Waals surface area contributed by atoms with Crippen molar-refractivity contribution in [3.8, 4) is 0 Å². The largest absolute Gasteiger partial charge is 0.366 e. The van der Waals surface area contributed by atoms with Crippen LogP contribution >= 0.6 is 23.2 Å². The molecule has 0 aliphatic heterocycles. The molecular formula is C34H44Cl2N8O2. The molecule has 0 saturated heterocycles. The number of imidazole rings is 1. The Kier molecular flexibility index (Phi) is 9.98. The van der Waals surface area contributed by atoms with Crippen LogP contribution in [0.3, 0.4) is 0 Å². The minimum absolute atomic E-state index is 0.0618. The Morgan fingerprint density at radius 2 is 1.78 bits per heavy atom. The Morgan fingerprint density at radius 3 is 2.43 bits per heavy atom. The lowest BCUT2D eigenvalue weighted by molar-refractivity contribution is -0.128. The normalized spacial score (nSPS) is 16.9. The van der Waals surface area contributed by atoms with Crippen molar-refractivity contribution in [2.45, 2.75) is 78.9 Å². The molecule has 10 nitrogen and oxygen atoms in total. The third kappa shape index (κ3) is 7.33. The molecule has 1 aliphatic rings. The Balaban J connectivity index is 1.48. The molecule has 2 aromatic carbocycles. The summed E-state index contributed by atoms with van der Waals surface area (Å²) in [6.45, 7) is 8.64. The van der Waals surface area contributed by atoms with Gasteiger partial charge >= 0.3 is 0 Å². The fraction of sp³-hybridized carbons (Fsp3) is 0.500. The van der Waals surface area contributed by atoms with Crippen LogP contribution in [0.4, 0.5) is 5.69 Å². The number of fused-ring (bicyclic) bond motifs is 1. The predicted octanol–water partition coefficient (Wildman–Crippen LogP) is 6.21. The highest BCUT2D eigenvalue weighted by Gasteiger charge is 2.26. The first-order chi connectivity index (χ1) is 21.7. The smallest absolute Gasteiger partial charge is 0.253 e. The molecule has 0 atom stereocenters. The molecule has 5 rings (SSSR count). The minimum atomic E-state index is -0.513. The Labute approximate surface area is 280 Å². The second-order valence-corrected chi connectivity index (χ2v) is 14.4. The van der Waals surface area contributed by atoms with E-state index in [1.807, 2.05) is 69.6 Å². The van der Waals surface area contributed by atoms with Crippen molar-refractivity contribution in [3.63, 3.8) is 0 Å². The summed E-state index contributed by atoms with van der Waals surface area (Å²) in [4.78, 5) is 37.7. The number of hydrogen-bond donors (Lipinski definition) is 2. The topological polar surface area (TPSA) is 110 Å². The maximum absolute atomic E-state index is 13.8. The quantitative estimate of drug-likeness (QED) is 0.220. The lowest BCUT2D eigenvalue weighted by Crippen LogP contribution is -2.38. The molecule has 0 spiro atoms. The van der Waals surface area contributed by atoms with Crippen LogP contribution in [0.1, 0.15) is 86.5 Å². The molecule has 12 heteroatoms. The van der Waals surface area contributed by atoms with Gasteiger partial charge in [0.2, 0.25) is 5.91 Å². The number of aryl methyl sites for hydroxylation is 2. The average molecular weight is 668 g/mol. The molecule has 1 fully saturated rings. The van der Waals surface area contributed by atoms with Crippen molar-refractivity contribution < 1.29 is 9.59 Å². The number of rotatable bonds is 9. The number of carbonyl (C=O) groups excluding carboxylic acids is 2. The van der Waals surface area contributed by atoms with Crippen molar-refractivity contribution >= 4 is 51.7 Å². The molecule has 4 aromatic rings. The van der Waals surface area contributed by atoms with Crippen LogP contribution in [0.25, 0.3) is 11.0 Å². The number of amides is 2. The maximum Gasteiger partial charge on any atom is 0.253 e. The van der Waals surface area contributed by atoms with E-state index in [1.54, 1.807) is 10.7 Å². The van der Waals surface area contributed by atoms with E-state index < -0.39 is 5.41 Å². The van der Waals surface area contributed by atoms with E-state index in [2.05, 4.69) is 27.6 Å². The number of aromatic nitrogens is 5. The van der Waals surface area contributed by atoms with Crippen molar-refractivity contribution in [2.24, 2.45) is 25.4 Å². The number of nitrogens with zero attached hydrogens (tertiary/aromatic N) is 6. The van der Waals surface area contributed by atoms with Gasteiger partial charge in [-0.2, -0.15) is 5.10 Å². The number of nitrogens with one attached hydrogen (secondary N) is 2. The van der Waals surface area contributed by atoms with E-state index in [4.69, 9.17) is 28.2 Å². The van der Waals surface area contributed by atoms with Gasteiger partial charge in [0, 0.05) is 50.6 Å². The van der Waals surface area contributed by atoms with Crippen LogP contribution in [-0.4, -0.2) is 49.2 Å². The van der Waals surface area contributed by atoms with E-state index in [9.17, 15) is 9.59 Å². The molecule has 0 unspecified atom stereocenters. The second kappa shape index (κ2) is 13.6. The molecule has 0 radical (unpaired) electrons. The predicted molar refractivity (Wildman–Crippen MR) is 183 cm³/mol. The molecule has 2 aromatic heterocycles. The summed E-state index contributed by atoms with van der Waals surface area (Å²) in [5, 5.41) is 11.5. The van der Waals surface area contributed by atoms with E-state index in [1.165, 1.54) is 6.33 Å². The van der Waals surface area contributed by atoms with E-state index >= 15 is 0 Å². The Bertz CT molecular complexity index is 1750. The van der Waals surface area contributed by atoms with E-state index in [-0.39, 0.29) is 17.9 Å². The zero-order valence-corrected chi connectivity index (χ0v) is 29.3. The van der Waals surface area contributed by atoms with E-state index in [0.717, 1.165) is 59.7 Å². The number of halogens is 2. The van der Waals surface area contributed by atoms with Gasteiger partial charge in [-0.15, -0.1) is 0 Å². The molecule has 2 amide bonds. The van der Waals surface area contributed by atoms with Crippen LogP contribution in [0, 0.1) is 11.3 Å². The number of hydrogen-bond acceptors (Lipinski definition) is 6. The second-order valence-electron chi connectivity index (χ2n) is 13.6. The number of benzene rings is 2. The van der Waals surface area contributed by atoms with Crippen molar-refractivity contribution in [1.29, 1.82) is 0 Å². The summed E-state index contributed by atoms with van der Waals surface area (Å²) in [5.41, 5.74) is 3.91. The lowest BCUT2D eigenvalue weighted by atomic mass is 9.87. The van der Waals surface area contributed by atoms with Crippen molar-refractivity contribution in [3.05, 3.63) is 69.0 Å². The highest BCUT2D eigenvalue weighted by Crippen LogP contribution is 2.33. The molecule has 46 heavy (non-hydrogen) atoms. The van der Waals surface area contributed by atoms with Gasteiger partial charge in [0.15, 0.2) is 0 Å². The monoisotopic (exact) mass is 666 g/mol. The first-order valence-electron chi connectivity index (χ1n) is 15.8. The molecule has 0 bridgehead atoms. The first-order valence-corrected chi connectivity index (χ1v) is 16.6. The zero-order chi connectivity index (χ0) is 33.3. The van der Waals surface area contributed by atoms with Crippen molar-refractivity contribution in [2.75, 3.05) is 11.9 Å². The zero-order valence-electron chi connectivity index (χ0n) is 27.7. The van der Waals surface area contributed by atoms with Gasteiger partial charge in [0.05, 0.1) is 33.9 Å². The van der Waals surface area contributed by atoms with Crippen LogP contribution < -0.4 is 15.5 Å². The third-order valence-corrected chi connectivity index (χ3v) is 9.83. The molecule has 2 heterocycles. The first kappa shape index (κ1) is 33.7. The fourth-order valence-electron chi connectivity index (χ4n) is 5.90. The number of anilines is 1. The van der Waals surface area contributed by atoms with Crippen molar-refractivity contribution in [1.82, 2.24) is 34.9 Å². The molecule has 1 aliphatic carbocycles. The average Bonchev–Trinajstić information content (AvgIpc) is 3.55. The van der Waals surface area contributed by atoms with Crippen LogP contribution in [0.15, 0.2) is 30.6 Å².